The number of halogens is 2. The maximum Gasteiger partial charge on any atom is 0.257 e. The van der Waals surface area contributed by atoms with Crippen molar-refractivity contribution in [2.45, 2.75) is 19.4 Å². The van der Waals surface area contributed by atoms with Crippen molar-refractivity contribution in [2.24, 2.45) is 0 Å². The van der Waals surface area contributed by atoms with Gasteiger partial charge in [0.15, 0.2) is 0 Å². The van der Waals surface area contributed by atoms with Crippen molar-refractivity contribution in [3.63, 3.8) is 0 Å². The minimum absolute atomic E-state index is 0.0248. The highest BCUT2D eigenvalue weighted by Gasteiger charge is 2.25. The van der Waals surface area contributed by atoms with Crippen LogP contribution in [-0.4, -0.2) is 45.3 Å². The lowest BCUT2D eigenvalue weighted by Gasteiger charge is -2.25. The molecule has 1 heterocycles. The number of hydrogen-bond donors (Lipinski definition) is 2. The Hall–Kier alpha value is -2.28. The molecule has 0 aliphatic carbocycles. The van der Waals surface area contributed by atoms with Crippen molar-refractivity contribution >= 4 is 5.91 Å². The molecule has 0 atom stereocenters. The van der Waals surface area contributed by atoms with Crippen LogP contribution in [0.5, 0.6) is 0 Å². The van der Waals surface area contributed by atoms with Gasteiger partial charge in [-0.25, -0.2) is 8.78 Å². The third-order valence-electron chi connectivity index (χ3n) is 3.05. The van der Waals surface area contributed by atoms with E-state index in [0.29, 0.717) is 0 Å². The number of aliphatic hydroxyl groups is 1. The van der Waals surface area contributed by atoms with Gasteiger partial charge < -0.3 is 10.0 Å². The van der Waals surface area contributed by atoms with E-state index in [0.717, 1.165) is 12.1 Å². The number of aromatic nitrogens is 2. The molecule has 0 aliphatic heterocycles. The molecule has 22 heavy (non-hydrogen) atoms. The first-order chi connectivity index (χ1) is 10.2. The van der Waals surface area contributed by atoms with Crippen LogP contribution >= 0.6 is 0 Å². The van der Waals surface area contributed by atoms with Crippen LogP contribution in [0, 0.1) is 11.6 Å². The van der Waals surface area contributed by atoms with E-state index in [1.807, 2.05) is 0 Å². The SMILES string of the molecule is CN(CC(C)(C)O)C(=O)c1cn[nH]c1-c1c(F)cccc1F. The third kappa shape index (κ3) is 3.30. The van der Waals surface area contributed by atoms with Crippen molar-refractivity contribution in [3.05, 3.63) is 41.6 Å². The van der Waals surface area contributed by atoms with Gasteiger partial charge in [0.25, 0.3) is 5.91 Å². The number of nitrogens with zero attached hydrogens (tertiary/aromatic N) is 2. The van der Waals surface area contributed by atoms with E-state index in [-0.39, 0.29) is 23.4 Å². The Morgan fingerprint density at radius 1 is 1.36 bits per heavy atom. The van der Waals surface area contributed by atoms with E-state index in [4.69, 9.17) is 0 Å². The Balaban J connectivity index is 2.40. The van der Waals surface area contributed by atoms with E-state index in [9.17, 15) is 18.7 Å². The number of carbonyl (C=O) groups excluding carboxylic acids is 1. The van der Waals surface area contributed by atoms with Gasteiger partial charge in [-0.1, -0.05) is 6.07 Å². The molecule has 0 aliphatic rings. The van der Waals surface area contributed by atoms with E-state index in [2.05, 4.69) is 10.2 Å². The highest BCUT2D eigenvalue weighted by atomic mass is 19.1. The topological polar surface area (TPSA) is 69.2 Å². The van der Waals surface area contributed by atoms with Crippen LogP contribution in [-0.2, 0) is 0 Å². The van der Waals surface area contributed by atoms with Crippen molar-refractivity contribution in [1.82, 2.24) is 15.1 Å². The molecule has 2 N–H and O–H groups in total. The molecular weight excluding hydrogens is 292 g/mol. The molecule has 0 saturated carbocycles. The average molecular weight is 309 g/mol. The fourth-order valence-corrected chi connectivity index (χ4v) is 2.23. The predicted octanol–water partition coefficient (Wildman–Crippen LogP) is 2.20. The summed E-state index contributed by atoms with van der Waals surface area (Å²) in [5.74, 6) is -2.07. The molecule has 0 unspecified atom stereocenters. The lowest BCUT2D eigenvalue weighted by Crippen LogP contribution is -2.39. The molecule has 5 nitrogen and oxygen atoms in total. The molecule has 7 heteroatoms. The van der Waals surface area contributed by atoms with Gasteiger partial charge in [0.1, 0.15) is 11.6 Å². The zero-order chi connectivity index (χ0) is 16.5. The smallest absolute Gasteiger partial charge is 0.257 e. The van der Waals surface area contributed by atoms with Crippen LogP contribution in [0.1, 0.15) is 24.2 Å². The fourth-order valence-electron chi connectivity index (χ4n) is 2.23. The average Bonchev–Trinajstić information content (AvgIpc) is 2.84. The number of H-pyrrole nitrogens is 1. The standard InChI is InChI=1S/C15H17F2N3O2/c1-15(2,22)8-20(3)14(21)9-7-18-19-13(9)12-10(16)5-4-6-11(12)17/h4-7,22H,8H2,1-3H3,(H,18,19). The second-order valence-corrected chi connectivity index (χ2v) is 5.73. The van der Waals surface area contributed by atoms with Crippen LogP contribution in [0.3, 0.4) is 0 Å². The monoisotopic (exact) mass is 309 g/mol. The Bertz CT molecular complexity index is 672. The largest absolute Gasteiger partial charge is 0.389 e. The summed E-state index contributed by atoms with van der Waals surface area (Å²) in [5.41, 5.74) is -1.41. The zero-order valence-electron chi connectivity index (χ0n) is 12.5. The second-order valence-electron chi connectivity index (χ2n) is 5.73. The second kappa shape index (κ2) is 5.84. The quantitative estimate of drug-likeness (QED) is 0.909. The van der Waals surface area contributed by atoms with Crippen LogP contribution in [0.2, 0.25) is 0 Å². The molecule has 1 aromatic carbocycles. The number of rotatable bonds is 4. The number of benzene rings is 1. The summed E-state index contributed by atoms with van der Waals surface area (Å²) in [7, 11) is 1.49. The maximum absolute atomic E-state index is 13.9. The summed E-state index contributed by atoms with van der Waals surface area (Å²) in [5, 5.41) is 15.9. The van der Waals surface area contributed by atoms with Gasteiger partial charge in [0.2, 0.25) is 0 Å². The molecule has 2 rings (SSSR count). The molecule has 118 valence electrons. The summed E-state index contributed by atoms with van der Waals surface area (Å²) in [6.07, 6.45) is 1.21. The number of amides is 1. The Morgan fingerprint density at radius 3 is 2.50 bits per heavy atom. The fraction of sp³-hybridized carbons (Fsp3) is 0.333. The van der Waals surface area contributed by atoms with Crippen LogP contribution in [0.25, 0.3) is 11.3 Å². The maximum atomic E-state index is 13.9. The lowest BCUT2D eigenvalue weighted by atomic mass is 10.0. The molecule has 1 amide bonds. The number of hydrogen-bond acceptors (Lipinski definition) is 3. The summed E-state index contributed by atoms with van der Waals surface area (Å²) in [6, 6.07) is 3.45. The molecule has 0 fully saturated rings. The highest BCUT2D eigenvalue weighted by Crippen LogP contribution is 2.27. The Kier molecular flexibility index (Phi) is 4.27. The van der Waals surface area contributed by atoms with Gasteiger partial charge >= 0.3 is 0 Å². The molecular formula is C15H17F2N3O2. The first-order valence-corrected chi connectivity index (χ1v) is 6.66. The Labute approximate surface area is 126 Å². The van der Waals surface area contributed by atoms with Crippen LogP contribution in [0.15, 0.2) is 24.4 Å². The van der Waals surface area contributed by atoms with Gasteiger partial charge in [-0.2, -0.15) is 5.10 Å². The third-order valence-corrected chi connectivity index (χ3v) is 3.05. The Morgan fingerprint density at radius 2 is 1.95 bits per heavy atom. The van der Waals surface area contributed by atoms with E-state index < -0.39 is 23.1 Å². The summed E-state index contributed by atoms with van der Waals surface area (Å²) >= 11 is 0. The summed E-state index contributed by atoms with van der Waals surface area (Å²) < 4.78 is 27.8. The highest BCUT2D eigenvalue weighted by molar-refractivity contribution is 5.99. The van der Waals surface area contributed by atoms with Gasteiger partial charge in [-0.05, 0) is 26.0 Å². The van der Waals surface area contributed by atoms with Crippen molar-refractivity contribution in [2.75, 3.05) is 13.6 Å². The van der Waals surface area contributed by atoms with Crippen LogP contribution < -0.4 is 0 Å². The zero-order valence-corrected chi connectivity index (χ0v) is 12.5. The number of carbonyl (C=O) groups is 1. The van der Waals surface area contributed by atoms with Crippen molar-refractivity contribution in [3.8, 4) is 11.3 Å². The lowest BCUT2D eigenvalue weighted by molar-refractivity contribution is 0.0368. The van der Waals surface area contributed by atoms with E-state index in [1.165, 1.54) is 24.2 Å². The van der Waals surface area contributed by atoms with Gasteiger partial charge in [0, 0.05) is 13.6 Å². The van der Waals surface area contributed by atoms with Gasteiger partial charge in [-0.3, -0.25) is 9.89 Å². The normalized spacial score (nSPS) is 11.5. The van der Waals surface area contributed by atoms with Crippen molar-refractivity contribution < 1.29 is 18.7 Å². The molecule has 0 bridgehead atoms. The molecule has 0 radical (unpaired) electrons. The minimum Gasteiger partial charge on any atom is -0.389 e. The number of nitrogens with one attached hydrogen (secondary N) is 1. The summed E-state index contributed by atoms with van der Waals surface area (Å²) in [6.45, 7) is 3.18. The summed E-state index contributed by atoms with van der Waals surface area (Å²) in [4.78, 5) is 13.7. The molecule has 1 aromatic heterocycles. The van der Waals surface area contributed by atoms with Crippen LogP contribution in [0.4, 0.5) is 8.78 Å². The number of aromatic amines is 1. The number of likely N-dealkylation sites (N-methyl/N-ethyl adjacent to an activating group) is 1. The van der Waals surface area contributed by atoms with E-state index >= 15 is 0 Å². The molecule has 2 aromatic rings. The van der Waals surface area contributed by atoms with Gasteiger partial charge in [-0.15, -0.1) is 0 Å². The predicted molar refractivity (Wildman–Crippen MR) is 77.2 cm³/mol. The van der Waals surface area contributed by atoms with E-state index in [1.54, 1.807) is 13.8 Å². The molecule has 0 saturated heterocycles. The van der Waals surface area contributed by atoms with Gasteiger partial charge in [0.05, 0.1) is 28.6 Å². The minimum atomic E-state index is -1.09. The van der Waals surface area contributed by atoms with Crippen molar-refractivity contribution in [1.29, 1.82) is 0 Å². The molecule has 0 spiro atoms. The first-order valence-electron chi connectivity index (χ1n) is 6.66. The first kappa shape index (κ1) is 16.1.